The summed E-state index contributed by atoms with van der Waals surface area (Å²) in [4.78, 5) is 16.3. The van der Waals surface area contributed by atoms with E-state index in [2.05, 4.69) is 29.5 Å². The Morgan fingerprint density at radius 3 is 1.92 bits per heavy atom. The lowest BCUT2D eigenvalue weighted by Crippen LogP contribution is -2.54. The number of hydrogen-bond acceptors (Lipinski definition) is 3. The van der Waals surface area contributed by atoms with Gasteiger partial charge < -0.3 is 22.0 Å². The van der Waals surface area contributed by atoms with Gasteiger partial charge in [0.05, 0.1) is 18.8 Å². The number of carbonyl (C=O) groups is 1. The summed E-state index contributed by atoms with van der Waals surface area (Å²) in [5, 5.41) is 0. The molecule has 0 N–H and O–H groups in total. The van der Waals surface area contributed by atoms with Crippen LogP contribution in [0.5, 0.6) is 0 Å². The van der Waals surface area contributed by atoms with E-state index in [1.165, 1.54) is 4.90 Å². The molecule has 1 fully saturated rings. The number of Topliss-reactive ketones (excluding diaryl/α,β-unsaturated/α-hetero) is 1. The van der Waals surface area contributed by atoms with Gasteiger partial charge in [-0.2, -0.15) is 0 Å². The van der Waals surface area contributed by atoms with Crippen LogP contribution in [-0.2, 0) is 15.6 Å². The Morgan fingerprint density at radius 2 is 1.52 bits per heavy atom. The molecule has 2 rings (SSSR count). The fourth-order valence-electron chi connectivity index (χ4n) is 2.50. The van der Waals surface area contributed by atoms with Gasteiger partial charge >= 0.3 is 7.25 Å². The second-order valence-corrected chi connectivity index (χ2v) is 8.43. The molecule has 1 saturated heterocycles. The van der Waals surface area contributed by atoms with Crippen LogP contribution in [0.3, 0.4) is 0 Å². The van der Waals surface area contributed by atoms with Crippen molar-refractivity contribution in [2.45, 2.75) is 24.3 Å². The van der Waals surface area contributed by atoms with E-state index in [1.807, 2.05) is 26.0 Å². The van der Waals surface area contributed by atoms with Gasteiger partial charge in [0, 0.05) is 29.5 Å². The number of benzene rings is 1. The van der Waals surface area contributed by atoms with Gasteiger partial charge in [0.2, 0.25) is 0 Å². The SMILES string of the molecule is C[S+](C)c1ccc(C(=O)C(C)(C)N2CCOCC2)cc1.F[B-](F)(F)F. The molecule has 0 spiro atoms. The Balaban J connectivity index is 0.000000550. The van der Waals surface area contributed by atoms with Gasteiger partial charge in [0.15, 0.2) is 10.7 Å². The molecule has 0 amide bonds. The number of carbonyl (C=O) groups excluding carboxylic acids is 1. The van der Waals surface area contributed by atoms with E-state index in [0.717, 1.165) is 18.7 Å². The molecule has 1 aliphatic rings. The summed E-state index contributed by atoms with van der Waals surface area (Å²) in [5.41, 5.74) is 0.335. The van der Waals surface area contributed by atoms with Crippen molar-refractivity contribution in [3.05, 3.63) is 29.8 Å². The average molecular weight is 381 g/mol. The number of ether oxygens (including phenoxy) is 1. The van der Waals surface area contributed by atoms with Crippen molar-refractivity contribution in [1.29, 1.82) is 0 Å². The van der Waals surface area contributed by atoms with Crippen molar-refractivity contribution >= 4 is 23.9 Å². The summed E-state index contributed by atoms with van der Waals surface area (Å²) in [6.45, 7) is 7.10. The first-order chi connectivity index (χ1) is 11.4. The molecular weight excluding hydrogens is 357 g/mol. The van der Waals surface area contributed by atoms with Gasteiger partial charge in [-0.1, -0.05) is 0 Å². The molecule has 0 radical (unpaired) electrons. The Kier molecular flexibility index (Phi) is 7.96. The van der Waals surface area contributed by atoms with Gasteiger partial charge in [-0.15, -0.1) is 0 Å². The first-order valence-electron chi connectivity index (χ1n) is 7.85. The standard InChI is InChI=1S/C16H24NO2S.BF4/c1-16(2,17-9-11-19-12-10-17)15(18)13-5-7-14(8-6-13)20(3)4;2-1(3,4)5/h5-8H,9-12H2,1-4H3;/q+1;-1. The fraction of sp³-hybridized carbons (Fsp3) is 0.562. The topological polar surface area (TPSA) is 29.5 Å². The minimum atomic E-state index is -6.00. The van der Waals surface area contributed by atoms with Gasteiger partial charge in [0.25, 0.3) is 0 Å². The number of rotatable bonds is 4. The van der Waals surface area contributed by atoms with Crippen LogP contribution in [0.25, 0.3) is 0 Å². The molecule has 1 heterocycles. The molecule has 0 aromatic heterocycles. The Labute approximate surface area is 149 Å². The zero-order valence-corrected chi connectivity index (χ0v) is 15.7. The molecule has 1 aromatic rings. The third-order valence-corrected chi connectivity index (χ3v) is 5.16. The highest BCUT2D eigenvalue weighted by molar-refractivity contribution is 7.95. The van der Waals surface area contributed by atoms with Crippen molar-refractivity contribution in [3.8, 4) is 0 Å². The van der Waals surface area contributed by atoms with Crippen LogP contribution in [0.2, 0.25) is 0 Å². The highest BCUT2D eigenvalue weighted by atomic mass is 32.2. The maximum atomic E-state index is 12.8. The predicted molar refractivity (Wildman–Crippen MR) is 94.9 cm³/mol. The van der Waals surface area contributed by atoms with E-state index in [4.69, 9.17) is 4.74 Å². The number of nitrogens with zero attached hydrogens (tertiary/aromatic N) is 1. The number of hydrogen-bond donors (Lipinski definition) is 0. The van der Waals surface area contributed by atoms with Crippen LogP contribution in [0.1, 0.15) is 24.2 Å². The third kappa shape index (κ3) is 7.37. The lowest BCUT2D eigenvalue weighted by atomic mass is 9.91. The monoisotopic (exact) mass is 381 g/mol. The average Bonchev–Trinajstić information content (AvgIpc) is 2.53. The first-order valence-corrected chi connectivity index (χ1v) is 9.89. The Bertz CT molecular complexity index is 552. The molecule has 142 valence electrons. The molecular formula is C16H24BF4NO2S. The predicted octanol–water partition coefficient (Wildman–Crippen LogP) is 3.52. The molecule has 0 atom stereocenters. The minimum absolute atomic E-state index is 0.193. The zero-order valence-electron chi connectivity index (χ0n) is 14.9. The third-order valence-electron chi connectivity index (χ3n) is 3.95. The van der Waals surface area contributed by atoms with Crippen molar-refractivity contribution in [3.63, 3.8) is 0 Å². The molecule has 25 heavy (non-hydrogen) atoms. The Hall–Kier alpha value is -1.06. The second kappa shape index (κ2) is 9.05. The van der Waals surface area contributed by atoms with Crippen molar-refractivity contribution in [2.75, 3.05) is 38.8 Å². The summed E-state index contributed by atoms with van der Waals surface area (Å²) in [7, 11) is -5.76. The summed E-state index contributed by atoms with van der Waals surface area (Å²) in [6.07, 6.45) is 4.38. The minimum Gasteiger partial charge on any atom is -0.418 e. The van der Waals surface area contributed by atoms with Crippen LogP contribution in [0.4, 0.5) is 17.3 Å². The lowest BCUT2D eigenvalue weighted by Gasteiger charge is -2.39. The molecule has 1 aliphatic heterocycles. The Morgan fingerprint density at radius 1 is 1.08 bits per heavy atom. The molecule has 1 aromatic carbocycles. The normalized spacial score (nSPS) is 16.4. The smallest absolute Gasteiger partial charge is 0.418 e. The zero-order chi connectivity index (χ0) is 19.3. The van der Waals surface area contributed by atoms with Crippen LogP contribution in [0, 0.1) is 0 Å². The summed E-state index contributed by atoms with van der Waals surface area (Å²) >= 11 is 0. The molecule has 0 unspecified atom stereocenters. The summed E-state index contributed by atoms with van der Waals surface area (Å²) in [5.74, 6) is 0.193. The maximum absolute atomic E-state index is 12.8. The van der Waals surface area contributed by atoms with Crippen molar-refractivity contribution in [2.24, 2.45) is 0 Å². The van der Waals surface area contributed by atoms with E-state index in [9.17, 15) is 22.1 Å². The van der Waals surface area contributed by atoms with E-state index >= 15 is 0 Å². The molecule has 0 saturated carbocycles. The van der Waals surface area contributed by atoms with E-state index in [1.54, 1.807) is 0 Å². The molecule has 0 bridgehead atoms. The van der Waals surface area contributed by atoms with Gasteiger partial charge in [-0.3, -0.25) is 9.69 Å². The van der Waals surface area contributed by atoms with Gasteiger partial charge in [-0.05, 0) is 38.1 Å². The number of halogens is 4. The van der Waals surface area contributed by atoms with Crippen LogP contribution < -0.4 is 0 Å². The highest BCUT2D eigenvalue weighted by Crippen LogP contribution is 2.22. The van der Waals surface area contributed by atoms with Crippen LogP contribution >= 0.6 is 0 Å². The highest BCUT2D eigenvalue weighted by Gasteiger charge is 2.35. The second-order valence-electron chi connectivity index (χ2n) is 6.32. The van der Waals surface area contributed by atoms with Gasteiger partial charge in [0.1, 0.15) is 12.5 Å². The molecule has 0 aliphatic carbocycles. The lowest BCUT2D eigenvalue weighted by molar-refractivity contribution is -0.00430. The van der Waals surface area contributed by atoms with Gasteiger partial charge in [-0.25, -0.2) is 0 Å². The van der Waals surface area contributed by atoms with E-state index in [0.29, 0.717) is 13.2 Å². The number of morpholine rings is 1. The van der Waals surface area contributed by atoms with Crippen molar-refractivity contribution in [1.82, 2.24) is 4.90 Å². The first kappa shape index (κ1) is 22.0. The largest absolute Gasteiger partial charge is 0.673 e. The van der Waals surface area contributed by atoms with E-state index < -0.39 is 12.8 Å². The molecule has 9 heteroatoms. The van der Waals surface area contributed by atoms with Crippen LogP contribution in [-0.4, -0.2) is 62.3 Å². The molecule has 3 nitrogen and oxygen atoms in total. The quantitative estimate of drug-likeness (QED) is 0.346. The van der Waals surface area contributed by atoms with Crippen LogP contribution in [0.15, 0.2) is 29.2 Å². The number of ketones is 1. The summed E-state index contributed by atoms with van der Waals surface area (Å²) < 4.78 is 44.4. The fourth-order valence-corrected chi connectivity index (χ4v) is 3.18. The maximum Gasteiger partial charge on any atom is 0.673 e. The van der Waals surface area contributed by atoms with E-state index in [-0.39, 0.29) is 16.7 Å². The summed E-state index contributed by atoms with van der Waals surface area (Å²) in [6, 6.07) is 8.08. The van der Waals surface area contributed by atoms with Crippen molar-refractivity contribution < 1.29 is 26.8 Å².